The molecule has 0 spiro atoms. The van der Waals surface area contributed by atoms with Crippen molar-refractivity contribution < 1.29 is 20.1 Å². The number of rotatable bonds is 4. The molecule has 1 rings (SSSR count). The van der Waals surface area contributed by atoms with Crippen LogP contribution in [0.5, 0.6) is 5.75 Å². The summed E-state index contributed by atoms with van der Waals surface area (Å²) in [4.78, 5) is 10.5. The van der Waals surface area contributed by atoms with Crippen LogP contribution in [-0.2, 0) is 4.79 Å². The number of benzene rings is 1. The molecule has 0 fully saturated rings. The molecule has 76 valence electrons. The van der Waals surface area contributed by atoms with Gasteiger partial charge in [-0.05, 0) is 24.3 Å². The first-order valence-corrected chi connectivity index (χ1v) is 4.02. The van der Waals surface area contributed by atoms with E-state index < -0.39 is 18.6 Å². The predicted molar refractivity (Wildman–Crippen MR) is 50.2 cm³/mol. The smallest absolute Gasteiger partial charge is 0.328 e. The largest absolute Gasteiger partial charge is 0.508 e. The Labute approximate surface area is 80.6 Å². The van der Waals surface area contributed by atoms with Crippen molar-refractivity contribution in [2.75, 3.05) is 11.9 Å². The standard InChI is InChI=1S/C9H11NO4/c11-5-8(9(13)14)10-6-1-3-7(12)4-2-6/h1-4,8,10-12H,5H2,(H,13,14)/t8-/m0/s1. The van der Waals surface area contributed by atoms with Gasteiger partial charge in [-0.15, -0.1) is 0 Å². The molecule has 4 N–H and O–H groups in total. The molecule has 0 aromatic heterocycles. The van der Waals surface area contributed by atoms with E-state index in [1.165, 1.54) is 24.3 Å². The molecule has 0 saturated heterocycles. The van der Waals surface area contributed by atoms with Gasteiger partial charge < -0.3 is 20.6 Å². The lowest BCUT2D eigenvalue weighted by Crippen LogP contribution is -2.32. The Morgan fingerprint density at radius 1 is 1.36 bits per heavy atom. The van der Waals surface area contributed by atoms with E-state index in [0.717, 1.165) is 0 Å². The molecule has 0 amide bonds. The summed E-state index contributed by atoms with van der Waals surface area (Å²) in [5.74, 6) is -1.02. The molecule has 1 atom stereocenters. The lowest BCUT2D eigenvalue weighted by Gasteiger charge is -2.12. The number of carbonyl (C=O) groups is 1. The van der Waals surface area contributed by atoms with Gasteiger partial charge in [-0.2, -0.15) is 0 Å². The van der Waals surface area contributed by atoms with Crippen LogP contribution in [-0.4, -0.2) is 33.9 Å². The third-order valence-electron chi connectivity index (χ3n) is 1.69. The molecule has 1 aromatic rings. The number of aliphatic hydroxyl groups excluding tert-OH is 1. The fraction of sp³-hybridized carbons (Fsp3) is 0.222. The fourth-order valence-corrected chi connectivity index (χ4v) is 0.944. The summed E-state index contributed by atoms with van der Waals surface area (Å²) in [5.41, 5.74) is 0.532. The molecule has 0 radical (unpaired) electrons. The third kappa shape index (κ3) is 2.63. The Hall–Kier alpha value is -1.75. The first-order valence-electron chi connectivity index (χ1n) is 4.02. The van der Waals surface area contributed by atoms with Crippen molar-refractivity contribution in [1.82, 2.24) is 0 Å². The molecule has 0 heterocycles. The first kappa shape index (κ1) is 10.3. The summed E-state index contributed by atoms with van der Waals surface area (Å²) in [6.07, 6.45) is 0. The minimum absolute atomic E-state index is 0.103. The van der Waals surface area contributed by atoms with Crippen molar-refractivity contribution in [3.63, 3.8) is 0 Å². The predicted octanol–water partition coefficient (Wildman–Crippen LogP) is 0.250. The van der Waals surface area contributed by atoms with Gasteiger partial charge in [0.05, 0.1) is 6.61 Å². The van der Waals surface area contributed by atoms with E-state index in [0.29, 0.717) is 5.69 Å². The van der Waals surface area contributed by atoms with Crippen LogP contribution in [0.2, 0.25) is 0 Å². The second-order valence-electron chi connectivity index (χ2n) is 2.76. The van der Waals surface area contributed by atoms with Crippen molar-refractivity contribution in [2.24, 2.45) is 0 Å². The van der Waals surface area contributed by atoms with Crippen molar-refractivity contribution in [3.8, 4) is 5.75 Å². The SMILES string of the molecule is O=C(O)[C@H](CO)Nc1ccc(O)cc1. The number of hydrogen-bond acceptors (Lipinski definition) is 4. The van der Waals surface area contributed by atoms with Crippen molar-refractivity contribution in [1.29, 1.82) is 0 Å². The van der Waals surface area contributed by atoms with Crippen LogP contribution < -0.4 is 5.32 Å². The number of nitrogens with one attached hydrogen (secondary N) is 1. The highest BCUT2D eigenvalue weighted by molar-refractivity contribution is 5.77. The lowest BCUT2D eigenvalue weighted by atomic mass is 10.2. The van der Waals surface area contributed by atoms with Crippen LogP contribution in [0.25, 0.3) is 0 Å². The van der Waals surface area contributed by atoms with Crippen molar-refractivity contribution in [3.05, 3.63) is 24.3 Å². The molecule has 0 aliphatic heterocycles. The first-order chi connectivity index (χ1) is 6.63. The summed E-state index contributed by atoms with van der Waals surface area (Å²) in [6.45, 7) is -0.490. The quantitative estimate of drug-likeness (QED) is 0.519. The highest BCUT2D eigenvalue weighted by Gasteiger charge is 2.14. The number of carboxylic acid groups (broad SMARTS) is 1. The minimum atomic E-state index is -1.12. The summed E-state index contributed by atoms with van der Waals surface area (Å²) in [6, 6.07) is 4.89. The topological polar surface area (TPSA) is 89.8 Å². The Morgan fingerprint density at radius 2 is 1.93 bits per heavy atom. The van der Waals surface area contributed by atoms with Gasteiger partial charge in [0.15, 0.2) is 0 Å². The molecular formula is C9H11NO4. The molecule has 0 bridgehead atoms. The summed E-state index contributed by atoms with van der Waals surface area (Å²) >= 11 is 0. The number of phenolic OH excluding ortho intramolecular Hbond substituents is 1. The number of hydrogen-bond donors (Lipinski definition) is 4. The van der Waals surface area contributed by atoms with E-state index >= 15 is 0 Å². The second kappa shape index (κ2) is 4.48. The molecule has 5 nitrogen and oxygen atoms in total. The maximum Gasteiger partial charge on any atom is 0.328 e. The van der Waals surface area contributed by atoms with E-state index in [9.17, 15) is 4.79 Å². The van der Waals surface area contributed by atoms with Gasteiger partial charge >= 0.3 is 5.97 Å². The lowest BCUT2D eigenvalue weighted by molar-refractivity contribution is -0.138. The molecule has 0 unspecified atom stereocenters. The molecule has 1 aromatic carbocycles. The van der Waals surface area contributed by atoms with Gasteiger partial charge in [0.2, 0.25) is 0 Å². The summed E-state index contributed by atoms with van der Waals surface area (Å²) in [7, 11) is 0. The van der Waals surface area contributed by atoms with E-state index in [1.54, 1.807) is 0 Å². The molecule has 5 heteroatoms. The van der Waals surface area contributed by atoms with Crippen LogP contribution in [0.1, 0.15) is 0 Å². The maximum absolute atomic E-state index is 10.5. The number of phenols is 1. The molecule has 14 heavy (non-hydrogen) atoms. The van der Waals surface area contributed by atoms with Gasteiger partial charge in [-0.1, -0.05) is 0 Å². The van der Waals surface area contributed by atoms with Crippen LogP contribution in [0, 0.1) is 0 Å². The summed E-state index contributed by atoms with van der Waals surface area (Å²) < 4.78 is 0. The van der Waals surface area contributed by atoms with Gasteiger partial charge in [0.1, 0.15) is 11.8 Å². The zero-order chi connectivity index (χ0) is 10.6. The number of carboxylic acids is 1. The van der Waals surface area contributed by atoms with Crippen LogP contribution in [0.3, 0.4) is 0 Å². The monoisotopic (exact) mass is 197 g/mol. The maximum atomic E-state index is 10.5. The normalized spacial score (nSPS) is 12.1. The van der Waals surface area contributed by atoms with E-state index in [4.69, 9.17) is 15.3 Å². The Balaban J connectivity index is 2.67. The Morgan fingerprint density at radius 3 is 2.36 bits per heavy atom. The zero-order valence-electron chi connectivity index (χ0n) is 7.34. The number of aliphatic hydroxyl groups is 1. The Bertz CT molecular complexity index is 309. The molecule has 0 saturated carbocycles. The fourth-order valence-electron chi connectivity index (χ4n) is 0.944. The van der Waals surface area contributed by atoms with E-state index in [1.807, 2.05) is 0 Å². The van der Waals surface area contributed by atoms with Crippen LogP contribution in [0.15, 0.2) is 24.3 Å². The van der Waals surface area contributed by atoms with Gasteiger partial charge in [0.25, 0.3) is 0 Å². The highest BCUT2D eigenvalue weighted by Crippen LogP contribution is 2.14. The van der Waals surface area contributed by atoms with Gasteiger partial charge in [0, 0.05) is 5.69 Å². The number of aromatic hydroxyl groups is 1. The average Bonchev–Trinajstić information content (AvgIpc) is 2.16. The van der Waals surface area contributed by atoms with Crippen molar-refractivity contribution in [2.45, 2.75) is 6.04 Å². The van der Waals surface area contributed by atoms with Gasteiger partial charge in [-0.25, -0.2) is 4.79 Å². The highest BCUT2D eigenvalue weighted by atomic mass is 16.4. The zero-order valence-corrected chi connectivity index (χ0v) is 7.34. The second-order valence-corrected chi connectivity index (χ2v) is 2.76. The van der Waals surface area contributed by atoms with Crippen LogP contribution >= 0.6 is 0 Å². The number of aliphatic carboxylic acids is 1. The van der Waals surface area contributed by atoms with Gasteiger partial charge in [-0.3, -0.25) is 0 Å². The summed E-state index contributed by atoms with van der Waals surface area (Å²) in [5, 5.41) is 28.9. The third-order valence-corrected chi connectivity index (χ3v) is 1.69. The van der Waals surface area contributed by atoms with E-state index in [-0.39, 0.29) is 5.75 Å². The average molecular weight is 197 g/mol. The number of anilines is 1. The molecular weight excluding hydrogens is 186 g/mol. The minimum Gasteiger partial charge on any atom is -0.508 e. The molecule has 0 aliphatic rings. The van der Waals surface area contributed by atoms with E-state index in [2.05, 4.69) is 5.32 Å². The molecule has 0 aliphatic carbocycles. The van der Waals surface area contributed by atoms with Crippen LogP contribution in [0.4, 0.5) is 5.69 Å². The Kier molecular flexibility index (Phi) is 3.30. The van der Waals surface area contributed by atoms with Crippen molar-refractivity contribution >= 4 is 11.7 Å².